The number of hydrogen-bond acceptors (Lipinski definition) is 2. The molecular weight excluding hydrogens is 114 g/mol. The van der Waals surface area contributed by atoms with E-state index in [-0.39, 0.29) is 0 Å². The first-order valence-corrected chi connectivity index (χ1v) is 3.66. The molecule has 9 heavy (non-hydrogen) atoms. The maximum atomic E-state index is 8.57. The molecule has 1 N–H and O–H groups in total. The lowest BCUT2D eigenvalue weighted by Crippen LogP contribution is -2.23. The Morgan fingerprint density at radius 2 is 2.44 bits per heavy atom. The van der Waals surface area contributed by atoms with Crippen LogP contribution in [-0.2, 0) is 0 Å². The third-order valence-corrected chi connectivity index (χ3v) is 1.92. The van der Waals surface area contributed by atoms with E-state index in [0.29, 0.717) is 6.61 Å². The molecule has 1 atom stereocenters. The van der Waals surface area contributed by atoms with Gasteiger partial charge in [0.2, 0.25) is 0 Å². The Balaban J connectivity index is 2.14. The minimum atomic E-state index is 0.312. The fourth-order valence-corrected chi connectivity index (χ4v) is 1.37. The lowest BCUT2D eigenvalue weighted by Gasteiger charge is -2.11. The fourth-order valence-electron chi connectivity index (χ4n) is 1.37. The first-order valence-electron chi connectivity index (χ1n) is 3.66. The summed E-state index contributed by atoms with van der Waals surface area (Å²) in [6, 6.07) is 0. The number of nitrogens with zero attached hydrogens (tertiary/aromatic N) is 1. The van der Waals surface area contributed by atoms with Crippen LogP contribution in [0.3, 0.4) is 0 Å². The maximum absolute atomic E-state index is 8.57. The SMILES string of the molecule is CC1CCN(CCO)C1. The van der Waals surface area contributed by atoms with Gasteiger partial charge in [0, 0.05) is 13.1 Å². The molecule has 2 nitrogen and oxygen atoms in total. The van der Waals surface area contributed by atoms with Crippen molar-refractivity contribution in [1.29, 1.82) is 0 Å². The van der Waals surface area contributed by atoms with Crippen LogP contribution in [0.2, 0.25) is 0 Å². The first kappa shape index (κ1) is 7.03. The highest BCUT2D eigenvalue weighted by Crippen LogP contribution is 2.13. The van der Waals surface area contributed by atoms with Crippen LogP contribution in [0.15, 0.2) is 0 Å². The van der Waals surface area contributed by atoms with Gasteiger partial charge in [-0.15, -0.1) is 0 Å². The summed E-state index contributed by atoms with van der Waals surface area (Å²) >= 11 is 0. The minimum Gasteiger partial charge on any atom is -0.395 e. The van der Waals surface area contributed by atoms with Gasteiger partial charge < -0.3 is 10.0 Å². The van der Waals surface area contributed by atoms with Crippen molar-refractivity contribution in [3.05, 3.63) is 0 Å². The molecule has 1 unspecified atom stereocenters. The summed E-state index contributed by atoms with van der Waals surface area (Å²) < 4.78 is 0. The average Bonchev–Trinajstić information content (AvgIpc) is 2.17. The topological polar surface area (TPSA) is 23.5 Å². The van der Waals surface area contributed by atoms with Crippen LogP contribution in [0.5, 0.6) is 0 Å². The second-order valence-corrected chi connectivity index (χ2v) is 2.92. The van der Waals surface area contributed by atoms with E-state index in [2.05, 4.69) is 11.8 Å². The lowest BCUT2D eigenvalue weighted by molar-refractivity contribution is 0.218. The van der Waals surface area contributed by atoms with E-state index in [9.17, 15) is 0 Å². The standard InChI is InChI=1S/C7H15NO/c1-7-2-3-8(6-7)4-5-9/h7,9H,2-6H2,1H3. The molecule has 1 heterocycles. The number of rotatable bonds is 2. The zero-order chi connectivity index (χ0) is 6.69. The molecule has 0 aliphatic carbocycles. The molecule has 1 aliphatic heterocycles. The largest absolute Gasteiger partial charge is 0.395 e. The van der Waals surface area contributed by atoms with E-state index in [1.165, 1.54) is 19.5 Å². The molecule has 1 fully saturated rings. The van der Waals surface area contributed by atoms with Gasteiger partial charge in [0.1, 0.15) is 0 Å². The predicted molar refractivity (Wildman–Crippen MR) is 37.3 cm³/mol. The monoisotopic (exact) mass is 129 g/mol. The van der Waals surface area contributed by atoms with Crippen molar-refractivity contribution in [2.75, 3.05) is 26.2 Å². The van der Waals surface area contributed by atoms with E-state index >= 15 is 0 Å². The van der Waals surface area contributed by atoms with Gasteiger partial charge in [-0.05, 0) is 18.9 Å². The number of hydrogen-bond donors (Lipinski definition) is 1. The summed E-state index contributed by atoms with van der Waals surface area (Å²) in [5, 5.41) is 8.57. The van der Waals surface area contributed by atoms with Gasteiger partial charge in [0.25, 0.3) is 0 Å². The molecule has 0 saturated carbocycles. The molecule has 0 aromatic heterocycles. The van der Waals surface area contributed by atoms with Crippen LogP contribution < -0.4 is 0 Å². The van der Waals surface area contributed by atoms with Crippen molar-refractivity contribution in [2.24, 2.45) is 5.92 Å². The predicted octanol–water partition coefficient (Wildman–Crippen LogP) is 0.321. The zero-order valence-electron chi connectivity index (χ0n) is 6.01. The molecule has 0 bridgehead atoms. The molecule has 0 spiro atoms. The van der Waals surface area contributed by atoms with E-state index in [1.807, 2.05) is 0 Å². The Kier molecular flexibility index (Phi) is 2.49. The number of likely N-dealkylation sites (tertiary alicyclic amines) is 1. The molecule has 2 heteroatoms. The molecular formula is C7H15NO. The summed E-state index contributed by atoms with van der Waals surface area (Å²) in [6.07, 6.45) is 1.31. The number of aliphatic hydroxyl groups excluding tert-OH is 1. The van der Waals surface area contributed by atoms with E-state index in [0.717, 1.165) is 12.5 Å². The van der Waals surface area contributed by atoms with Gasteiger partial charge in [-0.25, -0.2) is 0 Å². The third-order valence-electron chi connectivity index (χ3n) is 1.92. The number of β-amino-alcohol motifs (C(OH)–C–C–N with tert-alkyl or cyclic N) is 1. The van der Waals surface area contributed by atoms with Crippen molar-refractivity contribution in [1.82, 2.24) is 4.90 Å². The van der Waals surface area contributed by atoms with Crippen molar-refractivity contribution in [3.8, 4) is 0 Å². The summed E-state index contributed by atoms with van der Waals surface area (Å²) in [6.45, 7) is 5.80. The highest BCUT2D eigenvalue weighted by atomic mass is 16.3. The van der Waals surface area contributed by atoms with Gasteiger partial charge in [-0.1, -0.05) is 6.92 Å². The normalized spacial score (nSPS) is 29.3. The minimum absolute atomic E-state index is 0.312. The molecule has 0 aromatic rings. The summed E-state index contributed by atoms with van der Waals surface area (Å²) in [7, 11) is 0. The Labute approximate surface area is 56.5 Å². The van der Waals surface area contributed by atoms with E-state index < -0.39 is 0 Å². The quantitative estimate of drug-likeness (QED) is 0.580. The van der Waals surface area contributed by atoms with Crippen molar-refractivity contribution >= 4 is 0 Å². The first-order chi connectivity index (χ1) is 4.33. The number of aliphatic hydroxyl groups is 1. The maximum Gasteiger partial charge on any atom is 0.0558 e. The smallest absolute Gasteiger partial charge is 0.0558 e. The van der Waals surface area contributed by atoms with E-state index in [4.69, 9.17) is 5.11 Å². The van der Waals surface area contributed by atoms with Crippen LogP contribution in [0.25, 0.3) is 0 Å². The van der Waals surface area contributed by atoms with Crippen LogP contribution in [0.4, 0.5) is 0 Å². The summed E-state index contributed by atoms with van der Waals surface area (Å²) in [4.78, 5) is 2.31. The van der Waals surface area contributed by atoms with E-state index in [1.54, 1.807) is 0 Å². The lowest BCUT2D eigenvalue weighted by atomic mass is 10.2. The Morgan fingerprint density at radius 1 is 1.67 bits per heavy atom. The van der Waals surface area contributed by atoms with Gasteiger partial charge in [-0.2, -0.15) is 0 Å². The van der Waals surface area contributed by atoms with Gasteiger partial charge in [0.15, 0.2) is 0 Å². The Morgan fingerprint density at radius 3 is 2.89 bits per heavy atom. The van der Waals surface area contributed by atoms with Crippen LogP contribution in [0.1, 0.15) is 13.3 Å². The van der Waals surface area contributed by atoms with Crippen LogP contribution >= 0.6 is 0 Å². The van der Waals surface area contributed by atoms with Gasteiger partial charge in [-0.3, -0.25) is 0 Å². The molecule has 1 saturated heterocycles. The second-order valence-electron chi connectivity index (χ2n) is 2.92. The van der Waals surface area contributed by atoms with Gasteiger partial charge >= 0.3 is 0 Å². The second kappa shape index (κ2) is 3.18. The third kappa shape index (κ3) is 1.95. The van der Waals surface area contributed by atoms with Crippen molar-refractivity contribution in [2.45, 2.75) is 13.3 Å². The fraction of sp³-hybridized carbons (Fsp3) is 1.00. The summed E-state index contributed by atoms with van der Waals surface area (Å²) in [5.74, 6) is 0.844. The molecule has 0 radical (unpaired) electrons. The zero-order valence-corrected chi connectivity index (χ0v) is 6.01. The highest BCUT2D eigenvalue weighted by molar-refractivity contribution is 4.71. The molecule has 0 amide bonds. The molecule has 1 aliphatic rings. The van der Waals surface area contributed by atoms with Crippen LogP contribution in [0, 0.1) is 5.92 Å². The van der Waals surface area contributed by atoms with Crippen molar-refractivity contribution in [3.63, 3.8) is 0 Å². The molecule has 54 valence electrons. The molecule has 0 aromatic carbocycles. The summed E-state index contributed by atoms with van der Waals surface area (Å²) in [5.41, 5.74) is 0. The average molecular weight is 129 g/mol. The highest BCUT2D eigenvalue weighted by Gasteiger charge is 2.16. The van der Waals surface area contributed by atoms with Gasteiger partial charge in [0.05, 0.1) is 6.61 Å². The van der Waals surface area contributed by atoms with Crippen molar-refractivity contribution < 1.29 is 5.11 Å². The Hall–Kier alpha value is -0.0800. The Bertz CT molecular complexity index is 83.0. The van der Waals surface area contributed by atoms with Crippen LogP contribution in [-0.4, -0.2) is 36.2 Å². The molecule has 1 rings (SSSR count).